The number of benzene rings is 2. The largest absolute Gasteiger partial charge is 0.378 e. The molecule has 6 nitrogen and oxygen atoms in total. The molecule has 1 N–H and O–H groups in total. The second kappa shape index (κ2) is 6.31. The molecule has 0 aliphatic carbocycles. The lowest BCUT2D eigenvalue weighted by atomic mass is 10.2. The molecule has 1 saturated heterocycles. The van der Waals surface area contributed by atoms with Crippen LogP contribution in [0, 0.1) is 0 Å². The number of hydrogen-bond acceptors (Lipinski definition) is 5. The maximum Gasteiger partial charge on any atom is 0.157 e. The van der Waals surface area contributed by atoms with Gasteiger partial charge in [-0.3, -0.25) is 4.40 Å². The summed E-state index contributed by atoms with van der Waals surface area (Å²) in [5.74, 6) is 0.806. The van der Waals surface area contributed by atoms with E-state index in [-0.39, 0.29) is 0 Å². The summed E-state index contributed by atoms with van der Waals surface area (Å²) >= 11 is 0. The molecule has 1 aliphatic rings. The van der Waals surface area contributed by atoms with E-state index in [0.29, 0.717) is 0 Å². The van der Waals surface area contributed by atoms with Crippen LogP contribution >= 0.6 is 0 Å². The average molecular weight is 345 g/mol. The van der Waals surface area contributed by atoms with Gasteiger partial charge in [0.1, 0.15) is 5.52 Å². The second-order valence-corrected chi connectivity index (χ2v) is 6.37. The average Bonchev–Trinajstić information content (AvgIpc) is 3.20. The molecule has 0 spiro atoms. The first kappa shape index (κ1) is 15.2. The Morgan fingerprint density at radius 1 is 0.923 bits per heavy atom. The summed E-state index contributed by atoms with van der Waals surface area (Å²) < 4.78 is 7.48. The van der Waals surface area contributed by atoms with E-state index in [9.17, 15) is 0 Å². The summed E-state index contributed by atoms with van der Waals surface area (Å²) in [6.07, 6.45) is 3.66. The highest BCUT2D eigenvalue weighted by Crippen LogP contribution is 2.26. The quantitative estimate of drug-likeness (QED) is 0.616. The van der Waals surface area contributed by atoms with Crippen molar-refractivity contribution in [2.75, 3.05) is 36.5 Å². The highest BCUT2D eigenvalue weighted by atomic mass is 16.5. The molecular weight excluding hydrogens is 326 g/mol. The van der Waals surface area contributed by atoms with Crippen LogP contribution in [0.15, 0.2) is 61.1 Å². The van der Waals surface area contributed by atoms with E-state index < -0.39 is 0 Å². The van der Waals surface area contributed by atoms with Crippen molar-refractivity contribution in [1.29, 1.82) is 0 Å². The number of aromatic nitrogens is 3. The van der Waals surface area contributed by atoms with Gasteiger partial charge >= 0.3 is 0 Å². The van der Waals surface area contributed by atoms with Crippen LogP contribution in [0.4, 0.5) is 17.2 Å². The lowest BCUT2D eigenvalue weighted by Crippen LogP contribution is -2.36. The van der Waals surface area contributed by atoms with Crippen LogP contribution in [-0.4, -0.2) is 40.7 Å². The molecule has 2 aromatic carbocycles. The molecule has 2 aromatic heterocycles. The number of para-hydroxylation sites is 2. The molecule has 0 atom stereocenters. The third kappa shape index (κ3) is 2.64. The number of nitrogens with one attached hydrogen (secondary N) is 1. The minimum absolute atomic E-state index is 0.792. The summed E-state index contributed by atoms with van der Waals surface area (Å²) in [7, 11) is 0. The van der Waals surface area contributed by atoms with E-state index >= 15 is 0 Å². The van der Waals surface area contributed by atoms with Gasteiger partial charge in [-0.25, -0.2) is 9.97 Å². The van der Waals surface area contributed by atoms with Gasteiger partial charge in [0.15, 0.2) is 5.82 Å². The van der Waals surface area contributed by atoms with Crippen LogP contribution < -0.4 is 10.2 Å². The first-order chi connectivity index (χ1) is 12.9. The van der Waals surface area contributed by atoms with Crippen molar-refractivity contribution in [1.82, 2.24) is 14.4 Å². The zero-order chi connectivity index (χ0) is 17.3. The van der Waals surface area contributed by atoms with Crippen molar-refractivity contribution in [2.24, 2.45) is 0 Å². The number of nitrogens with zero attached hydrogens (tertiary/aromatic N) is 4. The Hall–Kier alpha value is -3.12. The molecule has 0 amide bonds. The van der Waals surface area contributed by atoms with Crippen LogP contribution in [-0.2, 0) is 4.74 Å². The van der Waals surface area contributed by atoms with Crippen molar-refractivity contribution < 1.29 is 4.74 Å². The van der Waals surface area contributed by atoms with Gasteiger partial charge in [0.25, 0.3) is 0 Å². The number of ether oxygens (including phenoxy) is 1. The van der Waals surface area contributed by atoms with E-state index in [1.165, 1.54) is 5.69 Å². The van der Waals surface area contributed by atoms with Crippen LogP contribution in [0.1, 0.15) is 0 Å². The Morgan fingerprint density at radius 3 is 2.58 bits per heavy atom. The molecule has 0 radical (unpaired) electrons. The summed E-state index contributed by atoms with van der Waals surface area (Å²) in [5, 5.41) is 3.44. The minimum atomic E-state index is 0.792. The van der Waals surface area contributed by atoms with Crippen molar-refractivity contribution in [3.05, 3.63) is 61.1 Å². The Bertz CT molecular complexity index is 1050. The van der Waals surface area contributed by atoms with Gasteiger partial charge < -0.3 is 15.0 Å². The monoisotopic (exact) mass is 345 g/mol. The topological polar surface area (TPSA) is 54.7 Å². The van der Waals surface area contributed by atoms with Gasteiger partial charge in [-0.05, 0) is 36.4 Å². The van der Waals surface area contributed by atoms with Crippen LogP contribution in [0.5, 0.6) is 0 Å². The molecule has 5 rings (SSSR count). The number of hydrogen-bond donors (Lipinski definition) is 1. The van der Waals surface area contributed by atoms with Crippen molar-refractivity contribution in [2.45, 2.75) is 0 Å². The summed E-state index contributed by atoms with van der Waals surface area (Å²) in [6, 6.07) is 16.5. The molecule has 6 heteroatoms. The van der Waals surface area contributed by atoms with Crippen molar-refractivity contribution in [3.63, 3.8) is 0 Å². The van der Waals surface area contributed by atoms with E-state index in [4.69, 9.17) is 9.72 Å². The van der Waals surface area contributed by atoms with Gasteiger partial charge in [0, 0.05) is 24.5 Å². The molecule has 3 heterocycles. The molecular formula is C20H19N5O. The van der Waals surface area contributed by atoms with Crippen LogP contribution in [0.2, 0.25) is 0 Å². The van der Waals surface area contributed by atoms with E-state index in [2.05, 4.69) is 49.9 Å². The van der Waals surface area contributed by atoms with Crippen molar-refractivity contribution >= 4 is 33.7 Å². The van der Waals surface area contributed by atoms with Gasteiger partial charge in [0.05, 0.1) is 36.8 Å². The fourth-order valence-electron chi connectivity index (χ4n) is 3.41. The molecule has 26 heavy (non-hydrogen) atoms. The Kier molecular flexibility index (Phi) is 3.68. The van der Waals surface area contributed by atoms with Crippen LogP contribution in [0.3, 0.4) is 0 Å². The lowest BCUT2D eigenvalue weighted by molar-refractivity contribution is 0.122. The maximum absolute atomic E-state index is 5.42. The lowest BCUT2D eigenvalue weighted by Gasteiger charge is -2.28. The minimum Gasteiger partial charge on any atom is -0.378 e. The summed E-state index contributed by atoms with van der Waals surface area (Å²) in [6.45, 7) is 3.46. The van der Waals surface area contributed by atoms with Crippen molar-refractivity contribution in [3.8, 4) is 0 Å². The van der Waals surface area contributed by atoms with E-state index in [1.807, 2.05) is 30.7 Å². The third-order valence-electron chi connectivity index (χ3n) is 4.76. The van der Waals surface area contributed by atoms with Gasteiger partial charge in [-0.2, -0.15) is 0 Å². The predicted molar refractivity (Wildman–Crippen MR) is 103 cm³/mol. The molecule has 0 unspecified atom stereocenters. The van der Waals surface area contributed by atoms with Gasteiger partial charge in [-0.15, -0.1) is 0 Å². The van der Waals surface area contributed by atoms with E-state index in [0.717, 1.165) is 54.4 Å². The van der Waals surface area contributed by atoms with Gasteiger partial charge in [0.2, 0.25) is 0 Å². The fourth-order valence-corrected chi connectivity index (χ4v) is 3.41. The number of morpholine rings is 1. The number of imidazole rings is 1. The number of fused-ring (bicyclic) bond motifs is 3. The number of rotatable bonds is 3. The first-order valence-corrected chi connectivity index (χ1v) is 8.79. The highest BCUT2D eigenvalue weighted by Gasteiger charge is 2.12. The maximum atomic E-state index is 5.42. The molecule has 130 valence electrons. The zero-order valence-electron chi connectivity index (χ0n) is 14.3. The smallest absolute Gasteiger partial charge is 0.157 e. The predicted octanol–water partition coefficient (Wildman–Crippen LogP) is 3.46. The molecule has 4 aromatic rings. The molecule has 0 bridgehead atoms. The third-order valence-corrected chi connectivity index (χ3v) is 4.76. The van der Waals surface area contributed by atoms with Gasteiger partial charge in [-0.1, -0.05) is 12.1 Å². The first-order valence-electron chi connectivity index (χ1n) is 8.79. The second-order valence-electron chi connectivity index (χ2n) is 6.37. The highest BCUT2D eigenvalue weighted by molar-refractivity contribution is 5.85. The standard InChI is InChI=1S/C20H19N5O/c1-2-4-18-17(3-1)23-20(19-13-21-14-25(18)19)22-15-5-7-16(8-6-15)24-9-11-26-12-10-24/h1-8,13-14H,9-12H2,(H,22,23). The van der Waals surface area contributed by atoms with E-state index in [1.54, 1.807) is 0 Å². The molecule has 1 fully saturated rings. The Labute approximate surface area is 151 Å². The summed E-state index contributed by atoms with van der Waals surface area (Å²) in [5.41, 5.74) is 5.17. The Balaban J connectivity index is 1.47. The molecule has 1 aliphatic heterocycles. The van der Waals surface area contributed by atoms with Crippen LogP contribution in [0.25, 0.3) is 16.6 Å². The normalized spacial score (nSPS) is 14.8. The molecule has 0 saturated carbocycles. The fraction of sp³-hybridized carbons (Fsp3) is 0.200. The zero-order valence-corrected chi connectivity index (χ0v) is 14.3. The SMILES string of the molecule is c1ccc2c(c1)nc(Nc1ccc(N3CCOCC3)cc1)c1cncn12. The Morgan fingerprint density at radius 2 is 1.73 bits per heavy atom. The summed E-state index contributed by atoms with van der Waals surface area (Å²) in [4.78, 5) is 11.4. The number of anilines is 3.